The van der Waals surface area contributed by atoms with Crippen molar-refractivity contribution in [1.29, 1.82) is 0 Å². The molecule has 0 saturated heterocycles. The van der Waals surface area contributed by atoms with Crippen molar-refractivity contribution in [1.82, 2.24) is 0 Å². The maximum Gasteiger partial charge on any atom is -0.00582 e. The highest BCUT2D eigenvalue weighted by Crippen LogP contribution is 1.80. The summed E-state index contributed by atoms with van der Waals surface area (Å²) in [6.07, 6.45) is 0.0451. The molecule has 0 fully saturated rings. The van der Waals surface area contributed by atoms with Gasteiger partial charge in [0.05, 0.1) is 0 Å². The summed E-state index contributed by atoms with van der Waals surface area (Å²) in [6.45, 7) is 0. The van der Waals surface area contributed by atoms with Crippen LogP contribution in [0, 0.1) is 0 Å². The Kier molecular flexibility index (Phi) is 6.79. The molecule has 0 aromatic heterocycles. The van der Waals surface area contributed by atoms with Crippen molar-refractivity contribution in [2.24, 2.45) is 0 Å². The predicted molar refractivity (Wildman–Crippen MR) is 79.7 cm³/mol. The van der Waals surface area contributed by atoms with Crippen LogP contribution in [0.5, 0.6) is 0 Å². The number of hydrogen-bond acceptors (Lipinski definition) is 0. The maximum absolute atomic E-state index is 1.81. The van der Waals surface area contributed by atoms with E-state index in [1.54, 1.807) is 39.0 Å². The lowest BCUT2D eigenvalue weighted by molar-refractivity contribution is 3.58. The molecule has 0 heterocycles. The summed E-state index contributed by atoms with van der Waals surface area (Å²) >= 11 is 0. The maximum atomic E-state index is 1.81. The Labute approximate surface area is 79.0 Å². The van der Waals surface area contributed by atoms with Gasteiger partial charge in [-0.05, 0) is 79.4 Å². The van der Waals surface area contributed by atoms with Crippen molar-refractivity contribution >= 4 is 79.4 Å². The fourth-order valence-electron chi connectivity index (χ4n) is 1.48. The number of rotatable bonds is 4. The molecule has 0 atom stereocenters. The molecule has 0 unspecified atom stereocenters. The van der Waals surface area contributed by atoms with Gasteiger partial charge in [0, 0.05) is 0 Å². The van der Waals surface area contributed by atoms with Crippen LogP contribution in [0.1, 0.15) is 0 Å². The zero-order valence-electron chi connectivity index (χ0n) is 7.33. The lowest BCUT2D eigenvalue weighted by atomic mass is 25.9. The Hall–Kier alpha value is 1.95. The van der Waals surface area contributed by atoms with E-state index in [1.807, 2.05) is 0 Å². The molecule has 0 saturated carbocycles. The first-order valence-electron chi connectivity index (χ1n) is 4.12. The summed E-state index contributed by atoms with van der Waals surface area (Å²) in [6, 6.07) is 0. The van der Waals surface area contributed by atoms with E-state index in [4.69, 9.17) is 0 Å². The third-order valence-electron chi connectivity index (χ3n) is 1.85. The van der Waals surface area contributed by atoms with Gasteiger partial charge in [-0.15, -0.1) is 0 Å². The average molecular weight is 273 g/mol. The quantitative estimate of drug-likeness (QED) is 0.446. The van der Waals surface area contributed by atoms with Gasteiger partial charge in [-0.2, -0.15) is 0 Å². The molecule has 9 heteroatoms. The molecule has 56 valence electrons. The van der Waals surface area contributed by atoms with Gasteiger partial charge < -0.3 is 0 Å². The Balaban J connectivity index is 3.43. The highest BCUT2D eigenvalue weighted by molar-refractivity contribution is 7.93. The van der Waals surface area contributed by atoms with E-state index >= 15 is 0 Å². The van der Waals surface area contributed by atoms with Crippen molar-refractivity contribution < 1.29 is 0 Å². The fraction of sp³-hybridized carbons (Fsp3) is 0. The second-order valence-corrected chi connectivity index (χ2v) is 98.9. The zero-order chi connectivity index (χ0) is 7.33. The molecular formula is H20Si9. The summed E-state index contributed by atoms with van der Waals surface area (Å²) in [4.78, 5) is 0. The molecule has 0 aliphatic carbocycles. The van der Waals surface area contributed by atoms with Crippen molar-refractivity contribution in [2.45, 2.75) is 0 Å². The van der Waals surface area contributed by atoms with E-state index < -0.39 is 0 Å². The molecule has 0 aromatic carbocycles. The average Bonchev–Trinajstić information content (AvgIpc) is 1.64. The summed E-state index contributed by atoms with van der Waals surface area (Å²) in [5.74, 6) is 0. The van der Waals surface area contributed by atoms with Crippen LogP contribution in [-0.2, 0) is 0 Å². The molecule has 0 rings (SSSR count). The van der Waals surface area contributed by atoms with Crippen molar-refractivity contribution in [2.75, 3.05) is 0 Å². The van der Waals surface area contributed by atoms with Gasteiger partial charge >= 0.3 is 0 Å². The van der Waals surface area contributed by atoms with E-state index in [-0.39, 0.29) is 6.14 Å². The summed E-state index contributed by atoms with van der Waals surface area (Å²) in [7, 11) is 10.2. The van der Waals surface area contributed by atoms with Crippen LogP contribution in [0.25, 0.3) is 0 Å². The van der Waals surface area contributed by atoms with Gasteiger partial charge in [-0.1, -0.05) is 0 Å². The first-order chi connectivity index (χ1) is 4.12. The third-order valence-corrected chi connectivity index (χ3v) is 150. The molecule has 0 aromatic rings. The van der Waals surface area contributed by atoms with E-state index in [0.29, 0.717) is 0 Å². The fourth-order valence-corrected chi connectivity index (χ4v) is 359. The van der Waals surface area contributed by atoms with E-state index in [9.17, 15) is 0 Å². The molecule has 0 radical (unpaired) electrons. The standard InChI is InChI=1S/H20Si9/c1-5-7-9(3,4)8-6-2/h5-8H2,1-4H3. The largest absolute Gasteiger partial charge is 0.0120 e. The molecule has 0 amide bonds. The zero-order valence-corrected chi connectivity index (χ0v) is 22.0. The predicted octanol–water partition coefficient (Wildman–Crippen LogP) is -8.78. The second kappa shape index (κ2) is 5.58. The van der Waals surface area contributed by atoms with Gasteiger partial charge in [-0.3, -0.25) is 0 Å². The first-order valence-corrected chi connectivity index (χ1v) is 37.1. The molecule has 0 aliphatic heterocycles. The molecule has 0 aliphatic rings. The molecule has 0 N–H and O–H groups in total. The minimum absolute atomic E-state index is 0.0451. The van der Waals surface area contributed by atoms with E-state index in [2.05, 4.69) is 0 Å². The van der Waals surface area contributed by atoms with E-state index in [0.717, 1.165) is 34.2 Å². The van der Waals surface area contributed by atoms with Gasteiger partial charge in [0.25, 0.3) is 0 Å². The van der Waals surface area contributed by atoms with Gasteiger partial charge in [0.15, 0.2) is 0 Å². The lowest BCUT2D eigenvalue weighted by Gasteiger charge is -2.18. The normalized spacial score (nSPS) is 24.0. The summed E-state index contributed by atoms with van der Waals surface area (Å²) in [5, 5.41) is 0. The van der Waals surface area contributed by atoms with Gasteiger partial charge in [0.1, 0.15) is 0 Å². The smallest absolute Gasteiger partial charge is 0.00582 e. The lowest BCUT2D eigenvalue weighted by Crippen LogP contribution is -2.55. The van der Waals surface area contributed by atoms with Gasteiger partial charge in [-0.25, -0.2) is 0 Å². The summed E-state index contributed by atoms with van der Waals surface area (Å²) < 4.78 is 0. The minimum atomic E-state index is 0.0451. The highest BCUT2D eigenvalue weighted by atomic mass is 30.3. The molecular weight excluding hydrogens is 253 g/mol. The van der Waals surface area contributed by atoms with E-state index in [1.165, 1.54) is 0 Å². The number of hydrogen-bond donors (Lipinski definition) is 0. The molecule has 0 nitrogen and oxygen atoms in total. The SMILES string of the molecule is [SiH3][SiH2][SiH2][Si]([SiH3])([SiH3])[SiH2][SiH2][SiH3]. The molecule has 0 bridgehead atoms. The topological polar surface area (TPSA) is 0 Å². The molecule has 0 spiro atoms. The van der Waals surface area contributed by atoms with Crippen molar-refractivity contribution in [3.8, 4) is 0 Å². The third kappa shape index (κ3) is 6.35. The second-order valence-electron chi connectivity index (χ2n) is 3.66. The van der Waals surface area contributed by atoms with Crippen LogP contribution in [0.15, 0.2) is 0 Å². The van der Waals surface area contributed by atoms with Crippen LogP contribution in [0.4, 0.5) is 0 Å². The van der Waals surface area contributed by atoms with Crippen molar-refractivity contribution in [3.05, 3.63) is 0 Å². The Morgan fingerprint density at radius 2 is 1.22 bits per heavy atom. The highest BCUT2D eigenvalue weighted by Gasteiger charge is 2.17. The Morgan fingerprint density at radius 3 is 1.44 bits per heavy atom. The van der Waals surface area contributed by atoms with Crippen LogP contribution in [0.2, 0.25) is 0 Å². The first kappa shape index (κ1) is 11.0. The van der Waals surface area contributed by atoms with Crippen molar-refractivity contribution in [3.63, 3.8) is 0 Å². The Bertz CT molecular complexity index is 54.4. The monoisotopic (exact) mass is 272 g/mol. The Morgan fingerprint density at radius 1 is 0.889 bits per heavy atom. The molecule has 9 heavy (non-hydrogen) atoms. The van der Waals surface area contributed by atoms with Crippen LogP contribution >= 0.6 is 0 Å². The van der Waals surface area contributed by atoms with Crippen LogP contribution in [0.3, 0.4) is 0 Å². The van der Waals surface area contributed by atoms with Crippen LogP contribution in [-0.4, -0.2) is 79.4 Å². The van der Waals surface area contributed by atoms with Gasteiger partial charge in [0.2, 0.25) is 0 Å². The minimum Gasteiger partial charge on any atom is -0.0120 e. The van der Waals surface area contributed by atoms with Crippen LogP contribution < -0.4 is 0 Å². The summed E-state index contributed by atoms with van der Waals surface area (Å²) in [5.41, 5.74) is 0.